The lowest BCUT2D eigenvalue weighted by Crippen LogP contribution is -2.30. The summed E-state index contributed by atoms with van der Waals surface area (Å²) in [6.45, 7) is 3.70. The highest BCUT2D eigenvalue weighted by molar-refractivity contribution is 6.30. The number of ether oxygens (including phenoxy) is 2. The molecule has 6 heteroatoms. The summed E-state index contributed by atoms with van der Waals surface area (Å²) in [5.74, 6) is -0.185. The van der Waals surface area contributed by atoms with Gasteiger partial charge in [0.05, 0.1) is 12.2 Å². The lowest BCUT2D eigenvalue weighted by atomic mass is 10.2. The highest BCUT2D eigenvalue weighted by atomic mass is 35.5. The molecule has 126 valence electrons. The second kappa shape index (κ2) is 8.36. The molecule has 0 saturated heterocycles. The van der Waals surface area contributed by atoms with Gasteiger partial charge in [-0.3, -0.25) is 4.79 Å². The first kappa shape index (κ1) is 17.8. The van der Waals surface area contributed by atoms with E-state index in [-0.39, 0.29) is 5.91 Å². The normalized spacial score (nSPS) is 11.5. The van der Waals surface area contributed by atoms with Crippen LogP contribution in [-0.2, 0) is 9.53 Å². The van der Waals surface area contributed by atoms with E-state index in [0.717, 1.165) is 0 Å². The molecule has 0 radical (unpaired) electrons. The molecule has 2 aromatic rings. The third-order valence-electron chi connectivity index (χ3n) is 3.14. The Morgan fingerprint density at radius 3 is 2.50 bits per heavy atom. The van der Waals surface area contributed by atoms with Crippen molar-refractivity contribution < 1.29 is 19.1 Å². The van der Waals surface area contributed by atoms with E-state index < -0.39 is 12.1 Å². The molecule has 24 heavy (non-hydrogen) atoms. The van der Waals surface area contributed by atoms with Crippen LogP contribution in [0.15, 0.2) is 48.5 Å². The van der Waals surface area contributed by atoms with E-state index >= 15 is 0 Å². The highest BCUT2D eigenvalue weighted by Crippen LogP contribution is 2.19. The first-order valence-corrected chi connectivity index (χ1v) is 7.87. The summed E-state index contributed by atoms with van der Waals surface area (Å²) in [5.41, 5.74) is 0.993. The lowest BCUT2D eigenvalue weighted by molar-refractivity contribution is -0.122. The Kier molecular flexibility index (Phi) is 6.21. The van der Waals surface area contributed by atoms with E-state index in [1.54, 1.807) is 62.4 Å². The van der Waals surface area contributed by atoms with Crippen LogP contribution >= 0.6 is 11.6 Å². The summed E-state index contributed by atoms with van der Waals surface area (Å²) in [4.78, 5) is 23.7. The van der Waals surface area contributed by atoms with Crippen LogP contribution < -0.4 is 10.1 Å². The van der Waals surface area contributed by atoms with Gasteiger partial charge in [-0.1, -0.05) is 17.7 Å². The van der Waals surface area contributed by atoms with Crippen LogP contribution in [0.5, 0.6) is 5.75 Å². The predicted molar refractivity (Wildman–Crippen MR) is 92.6 cm³/mol. The molecule has 0 fully saturated rings. The SMILES string of the molecule is CCOC(=O)c1ccc(NC(=O)[C@@H](C)Oc2cccc(Cl)c2)cc1. The van der Waals surface area contributed by atoms with Gasteiger partial charge in [-0.15, -0.1) is 0 Å². The van der Waals surface area contributed by atoms with Gasteiger partial charge in [0.2, 0.25) is 0 Å². The van der Waals surface area contributed by atoms with Crippen molar-refractivity contribution in [2.24, 2.45) is 0 Å². The van der Waals surface area contributed by atoms with Crippen LogP contribution in [0.3, 0.4) is 0 Å². The molecule has 0 aliphatic carbocycles. The average Bonchev–Trinajstić information content (AvgIpc) is 2.55. The molecule has 2 aromatic carbocycles. The predicted octanol–water partition coefficient (Wildman–Crippen LogP) is 3.92. The summed E-state index contributed by atoms with van der Waals surface area (Å²) >= 11 is 5.88. The topological polar surface area (TPSA) is 64.6 Å². The number of esters is 1. The number of anilines is 1. The van der Waals surface area contributed by atoms with Crippen molar-refractivity contribution >= 4 is 29.2 Å². The Balaban J connectivity index is 1.94. The Labute approximate surface area is 145 Å². The smallest absolute Gasteiger partial charge is 0.338 e. The second-order valence-corrected chi connectivity index (χ2v) is 5.44. The number of benzene rings is 2. The van der Waals surface area contributed by atoms with Gasteiger partial charge in [-0.05, 0) is 56.3 Å². The zero-order chi connectivity index (χ0) is 17.5. The van der Waals surface area contributed by atoms with E-state index in [0.29, 0.717) is 28.6 Å². The van der Waals surface area contributed by atoms with Gasteiger partial charge in [-0.2, -0.15) is 0 Å². The Morgan fingerprint density at radius 2 is 1.88 bits per heavy atom. The molecule has 2 rings (SSSR count). The maximum atomic E-state index is 12.2. The van der Waals surface area contributed by atoms with Crippen molar-refractivity contribution in [3.8, 4) is 5.75 Å². The van der Waals surface area contributed by atoms with Gasteiger partial charge in [0.15, 0.2) is 6.10 Å². The molecule has 0 heterocycles. The number of carbonyl (C=O) groups is 2. The maximum Gasteiger partial charge on any atom is 0.338 e. The summed E-state index contributed by atoms with van der Waals surface area (Å²) < 4.78 is 10.5. The number of hydrogen-bond acceptors (Lipinski definition) is 4. The number of rotatable bonds is 6. The minimum atomic E-state index is -0.701. The molecule has 0 aliphatic heterocycles. The quantitative estimate of drug-likeness (QED) is 0.804. The number of nitrogens with one attached hydrogen (secondary N) is 1. The largest absolute Gasteiger partial charge is 0.481 e. The van der Waals surface area contributed by atoms with E-state index in [2.05, 4.69) is 5.32 Å². The monoisotopic (exact) mass is 347 g/mol. The molecule has 0 saturated carbocycles. The van der Waals surface area contributed by atoms with Crippen LogP contribution in [0.25, 0.3) is 0 Å². The third kappa shape index (κ3) is 4.99. The van der Waals surface area contributed by atoms with Gasteiger partial charge in [0.1, 0.15) is 5.75 Å². The number of halogens is 1. The molecule has 1 amide bonds. The van der Waals surface area contributed by atoms with Crippen molar-refractivity contribution in [1.82, 2.24) is 0 Å². The van der Waals surface area contributed by atoms with Crippen LogP contribution in [0, 0.1) is 0 Å². The van der Waals surface area contributed by atoms with Gasteiger partial charge in [0, 0.05) is 10.7 Å². The first-order chi connectivity index (χ1) is 11.5. The fraction of sp³-hybridized carbons (Fsp3) is 0.222. The standard InChI is InChI=1S/C18H18ClNO4/c1-3-23-18(22)13-7-9-15(10-8-13)20-17(21)12(2)24-16-6-4-5-14(19)11-16/h4-12H,3H2,1-2H3,(H,20,21)/t12-/m1/s1. The van der Waals surface area contributed by atoms with Crippen molar-refractivity contribution in [1.29, 1.82) is 0 Å². The first-order valence-electron chi connectivity index (χ1n) is 7.50. The second-order valence-electron chi connectivity index (χ2n) is 5.00. The fourth-order valence-electron chi connectivity index (χ4n) is 1.95. The summed E-state index contributed by atoms with van der Waals surface area (Å²) in [6, 6.07) is 13.3. The molecule has 0 aliphatic rings. The summed E-state index contributed by atoms with van der Waals surface area (Å²) in [7, 11) is 0. The Morgan fingerprint density at radius 1 is 1.17 bits per heavy atom. The van der Waals surface area contributed by atoms with E-state index in [4.69, 9.17) is 21.1 Å². The van der Waals surface area contributed by atoms with Gasteiger partial charge < -0.3 is 14.8 Å². The highest BCUT2D eigenvalue weighted by Gasteiger charge is 2.15. The average molecular weight is 348 g/mol. The number of hydrogen-bond donors (Lipinski definition) is 1. The molecule has 1 atom stereocenters. The molecule has 0 bridgehead atoms. The van der Waals surface area contributed by atoms with Crippen molar-refractivity contribution in [2.45, 2.75) is 20.0 Å². The van der Waals surface area contributed by atoms with Gasteiger partial charge in [-0.25, -0.2) is 4.79 Å². The maximum absolute atomic E-state index is 12.2. The molecular formula is C18H18ClNO4. The van der Waals surface area contributed by atoms with Crippen molar-refractivity contribution in [2.75, 3.05) is 11.9 Å². The summed E-state index contributed by atoms with van der Waals surface area (Å²) in [5, 5.41) is 3.26. The van der Waals surface area contributed by atoms with Crippen LogP contribution in [-0.4, -0.2) is 24.6 Å². The molecule has 0 spiro atoms. The van der Waals surface area contributed by atoms with Crippen LogP contribution in [0.2, 0.25) is 5.02 Å². The van der Waals surface area contributed by atoms with Crippen LogP contribution in [0.4, 0.5) is 5.69 Å². The molecule has 0 unspecified atom stereocenters. The fourth-order valence-corrected chi connectivity index (χ4v) is 2.13. The van der Waals surface area contributed by atoms with E-state index in [9.17, 15) is 9.59 Å². The Hall–Kier alpha value is -2.53. The molecule has 0 aromatic heterocycles. The third-order valence-corrected chi connectivity index (χ3v) is 3.38. The minimum Gasteiger partial charge on any atom is -0.481 e. The molecule has 5 nitrogen and oxygen atoms in total. The number of carbonyl (C=O) groups excluding carboxylic acids is 2. The lowest BCUT2D eigenvalue weighted by Gasteiger charge is -2.15. The zero-order valence-electron chi connectivity index (χ0n) is 13.4. The minimum absolute atomic E-state index is 0.307. The van der Waals surface area contributed by atoms with E-state index in [1.807, 2.05) is 0 Å². The van der Waals surface area contributed by atoms with Gasteiger partial charge >= 0.3 is 5.97 Å². The van der Waals surface area contributed by atoms with Crippen LogP contribution in [0.1, 0.15) is 24.2 Å². The molecule has 1 N–H and O–H groups in total. The summed E-state index contributed by atoms with van der Waals surface area (Å²) in [6.07, 6.45) is -0.701. The van der Waals surface area contributed by atoms with Crippen molar-refractivity contribution in [3.05, 3.63) is 59.1 Å². The zero-order valence-corrected chi connectivity index (χ0v) is 14.2. The number of amides is 1. The molecular weight excluding hydrogens is 330 g/mol. The van der Waals surface area contributed by atoms with E-state index in [1.165, 1.54) is 0 Å². The van der Waals surface area contributed by atoms with Gasteiger partial charge in [0.25, 0.3) is 5.91 Å². The Bertz CT molecular complexity index is 715. The van der Waals surface area contributed by atoms with Crippen molar-refractivity contribution in [3.63, 3.8) is 0 Å².